The fourth-order valence-electron chi connectivity index (χ4n) is 3.16. The zero-order chi connectivity index (χ0) is 15.2. The van der Waals surface area contributed by atoms with E-state index in [0.29, 0.717) is 19.0 Å². The normalized spacial score (nSPS) is 21.3. The third-order valence-corrected chi connectivity index (χ3v) is 4.41. The first kappa shape index (κ1) is 15.8. The monoisotopic (exact) mass is 290 g/mol. The second-order valence-electron chi connectivity index (χ2n) is 5.82. The molecule has 0 saturated heterocycles. The minimum absolute atomic E-state index is 0.132. The van der Waals surface area contributed by atoms with Crippen LogP contribution in [-0.2, 0) is 4.79 Å². The minimum Gasteiger partial charge on any atom is -0.495 e. The van der Waals surface area contributed by atoms with Gasteiger partial charge in [0.15, 0.2) is 0 Å². The highest BCUT2D eigenvalue weighted by atomic mass is 16.5. The maximum absolute atomic E-state index is 13.0. The molecule has 4 nitrogen and oxygen atoms in total. The van der Waals surface area contributed by atoms with Crippen LogP contribution < -0.4 is 15.4 Å². The second kappa shape index (κ2) is 7.46. The van der Waals surface area contributed by atoms with Crippen LogP contribution in [-0.4, -0.2) is 26.1 Å². The summed E-state index contributed by atoms with van der Waals surface area (Å²) < 4.78 is 5.42. The topological polar surface area (TPSA) is 55.6 Å². The van der Waals surface area contributed by atoms with Crippen LogP contribution in [0, 0.1) is 11.8 Å². The van der Waals surface area contributed by atoms with Crippen molar-refractivity contribution in [1.29, 1.82) is 0 Å². The molecule has 4 heteroatoms. The molecule has 2 rings (SSSR count). The van der Waals surface area contributed by atoms with Gasteiger partial charge in [-0.3, -0.25) is 4.79 Å². The van der Waals surface area contributed by atoms with Crippen molar-refractivity contribution in [3.63, 3.8) is 0 Å². The van der Waals surface area contributed by atoms with E-state index >= 15 is 0 Å². The molecule has 1 aromatic carbocycles. The van der Waals surface area contributed by atoms with E-state index in [1.807, 2.05) is 29.2 Å². The lowest BCUT2D eigenvalue weighted by atomic mass is 9.96. The highest BCUT2D eigenvalue weighted by Gasteiger charge is 2.33. The van der Waals surface area contributed by atoms with E-state index < -0.39 is 0 Å². The molecule has 2 N–H and O–H groups in total. The average molecular weight is 290 g/mol. The minimum atomic E-state index is 0.132. The summed E-state index contributed by atoms with van der Waals surface area (Å²) in [7, 11) is 1.64. The molecule has 0 aliphatic heterocycles. The highest BCUT2D eigenvalue weighted by Crippen LogP contribution is 2.36. The Morgan fingerprint density at radius 3 is 2.76 bits per heavy atom. The van der Waals surface area contributed by atoms with Crippen LogP contribution in [0.2, 0.25) is 0 Å². The lowest BCUT2D eigenvalue weighted by Crippen LogP contribution is -2.38. The third kappa shape index (κ3) is 3.56. The van der Waals surface area contributed by atoms with Gasteiger partial charge in [-0.15, -0.1) is 0 Å². The van der Waals surface area contributed by atoms with Crippen LogP contribution in [0.1, 0.15) is 32.6 Å². The molecular formula is C17H26N2O2. The largest absolute Gasteiger partial charge is 0.495 e. The number of methoxy groups -OCH3 is 1. The molecule has 1 saturated carbocycles. The van der Waals surface area contributed by atoms with E-state index in [-0.39, 0.29) is 11.8 Å². The summed E-state index contributed by atoms with van der Waals surface area (Å²) in [5.74, 6) is 1.56. The molecule has 1 aliphatic carbocycles. The maximum Gasteiger partial charge on any atom is 0.230 e. The number of carbonyl (C=O) groups is 1. The van der Waals surface area contributed by atoms with Gasteiger partial charge in [-0.25, -0.2) is 0 Å². The van der Waals surface area contributed by atoms with Crippen molar-refractivity contribution in [3.05, 3.63) is 24.3 Å². The van der Waals surface area contributed by atoms with Crippen molar-refractivity contribution in [3.8, 4) is 5.75 Å². The lowest BCUT2D eigenvalue weighted by Gasteiger charge is -2.28. The number of carbonyl (C=O) groups excluding carboxylic acids is 1. The Morgan fingerprint density at radius 1 is 1.38 bits per heavy atom. The van der Waals surface area contributed by atoms with Crippen molar-refractivity contribution in [2.45, 2.75) is 32.6 Å². The lowest BCUT2D eigenvalue weighted by molar-refractivity contribution is -0.123. The van der Waals surface area contributed by atoms with Gasteiger partial charge in [0, 0.05) is 12.5 Å². The van der Waals surface area contributed by atoms with Gasteiger partial charge in [-0.2, -0.15) is 0 Å². The van der Waals surface area contributed by atoms with E-state index in [4.69, 9.17) is 10.5 Å². The molecular weight excluding hydrogens is 264 g/mol. The SMILES string of the molecule is COc1ccccc1N(CCCN)C(=O)C1CCCC1C. The zero-order valence-electron chi connectivity index (χ0n) is 13.0. The van der Waals surface area contributed by atoms with Gasteiger partial charge >= 0.3 is 0 Å². The van der Waals surface area contributed by atoms with E-state index in [9.17, 15) is 4.79 Å². The molecule has 1 aliphatic rings. The number of para-hydroxylation sites is 2. The van der Waals surface area contributed by atoms with Crippen molar-refractivity contribution in [2.75, 3.05) is 25.1 Å². The molecule has 0 aromatic heterocycles. The molecule has 116 valence electrons. The van der Waals surface area contributed by atoms with Gasteiger partial charge in [-0.05, 0) is 43.9 Å². The summed E-state index contributed by atoms with van der Waals surface area (Å²) in [5, 5.41) is 0. The van der Waals surface area contributed by atoms with Gasteiger partial charge in [0.25, 0.3) is 0 Å². The van der Waals surface area contributed by atoms with E-state index in [1.54, 1.807) is 7.11 Å². The number of nitrogens with two attached hydrogens (primary N) is 1. The molecule has 2 atom stereocenters. The van der Waals surface area contributed by atoms with Gasteiger partial charge < -0.3 is 15.4 Å². The molecule has 21 heavy (non-hydrogen) atoms. The summed E-state index contributed by atoms with van der Waals surface area (Å²) in [5.41, 5.74) is 6.50. The Labute approximate surface area is 127 Å². The number of benzene rings is 1. The summed E-state index contributed by atoms with van der Waals surface area (Å²) in [6, 6.07) is 7.72. The van der Waals surface area contributed by atoms with Gasteiger partial charge in [0.05, 0.1) is 12.8 Å². The van der Waals surface area contributed by atoms with Crippen LogP contribution in [0.3, 0.4) is 0 Å². The van der Waals surface area contributed by atoms with Crippen molar-refractivity contribution in [2.24, 2.45) is 17.6 Å². The Balaban J connectivity index is 2.27. The fraction of sp³-hybridized carbons (Fsp3) is 0.588. The fourth-order valence-corrected chi connectivity index (χ4v) is 3.16. The summed E-state index contributed by atoms with van der Waals surface area (Å²) >= 11 is 0. The predicted molar refractivity (Wildman–Crippen MR) is 85.5 cm³/mol. The average Bonchev–Trinajstić information content (AvgIpc) is 2.94. The van der Waals surface area contributed by atoms with Crippen molar-refractivity contribution < 1.29 is 9.53 Å². The third-order valence-electron chi connectivity index (χ3n) is 4.41. The van der Waals surface area contributed by atoms with E-state index in [0.717, 1.165) is 37.1 Å². The highest BCUT2D eigenvalue weighted by molar-refractivity contribution is 5.96. The van der Waals surface area contributed by atoms with Crippen LogP contribution in [0.5, 0.6) is 5.75 Å². The smallest absolute Gasteiger partial charge is 0.230 e. The first-order valence-electron chi connectivity index (χ1n) is 7.83. The number of ether oxygens (including phenoxy) is 1. The molecule has 1 aromatic rings. The Hall–Kier alpha value is -1.55. The Morgan fingerprint density at radius 2 is 2.14 bits per heavy atom. The number of anilines is 1. The molecule has 0 bridgehead atoms. The molecule has 1 fully saturated rings. The number of rotatable bonds is 6. The van der Waals surface area contributed by atoms with Crippen molar-refractivity contribution >= 4 is 11.6 Å². The number of amides is 1. The quantitative estimate of drug-likeness (QED) is 0.876. The van der Waals surface area contributed by atoms with E-state index in [2.05, 4.69) is 6.92 Å². The molecule has 2 unspecified atom stereocenters. The molecule has 0 spiro atoms. The second-order valence-corrected chi connectivity index (χ2v) is 5.82. The number of hydrogen-bond donors (Lipinski definition) is 1. The summed E-state index contributed by atoms with van der Waals surface area (Å²) in [6.45, 7) is 3.41. The van der Waals surface area contributed by atoms with Crippen molar-refractivity contribution in [1.82, 2.24) is 0 Å². The first-order chi connectivity index (χ1) is 10.2. The van der Waals surface area contributed by atoms with Crippen LogP contribution >= 0.6 is 0 Å². The Bertz CT molecular complexity index is 476. The zero-order valence-corrected chi connectivity index (χ0v) is 13.0. The van der Waals surface area contributed by atoms with Gasteiger partial charge in [0.1, 0.15) is 5.75 Å². The van der Waals surface area contributed by atoms with Gasteiger partial charge in [-0.1, -0.05) is 25.5 Å². The van der Waals surface area contributed by atoms with Crippen LogP contribution in [0.25, 0.3) is 0 Å². The standard InChI is InChI=1S/C17H26N2O2/c1-13-7-5-8-14(13)17(20)19(12-6-11-18)15-9-3-4-10-16(15)21-2/h3-4,9-10,13-14H,5-8,11-12,18H2,1-2H3. The molecule has 1 amide bonds. The number of hydrogen-bond acceptors (Lipinski definition) is 3. The molecule has 0 radical (unpaired) electrons. The van der Waals surface area contributed by atoms with E-state index in [1.165, 1.54) is 0 Å². The first-order valence-corrected chi connectivity index (χ1v) is 7.83. The number of nitrogens with zero attached hydrogens (tertiary/aromatic N) is 1. The van der Waals surface area contributed by atoms with Gasteiger partial charge in [0.2, 0.25) is 5.91 Å². The van der Waals surface area contributed by atoms with Crippen LogP contribution in [0.4, 0.5) is 5.69 Å². The summed E-state index contributed by atoms with van der Waals surface area (Å²) in [4.78, 5) is 14.8. The molecule has 0 heterocycles. The van der Waals surface area contributed by atoms with Crippen LogP contribution in [0.15, 0.2) is 24.3 Å². The maximum atomic E-state index is 13.0. The summed E-state index contributed by atoms with van der Waals surface area (Å²) in [6.07, 6.45) is 4.08. The predicted octanol–water partition coefficient (Wildman–Crippen LogP) is 2.81. The Kier molecular flexibility index (Phi) is 5.62.